The van der Waals surface area contributed by atoms with Gasteiger partial charge in [0, 0.05) is 33.6 Å². The molecule has 2 aromatic carbocycles. The third-order valence-corrected chi connectivity index (χ3v) is 5.33. The van der Waals surface area contributed by atoms with Crippen molar-refractivity contribution in [3.8, 4) is 11.3 Å². The van der Waals surface area contributed by atoms with Gasteiger partial charge in [-0.3, -0.25) is 9.63 Å². The Morgan fingerprint density at radius 2 is 1.96 bits per heavy atom. The Hall–Kier alpha value is -2.77. The van der Waals surface area contributed by atoms with Crippen LogP contribution < -0.4 is 10.8 Å². The maximum atomic E-state index is 14.8. The molecule has 7 heteroatoms. The Bertz CT molecular complexity index is 1050. The van der Waals surface area contributed by atoms with Crippen LogP contribution in [0.2, 0.25) is 0 Å². The number of nitrogens with one attached hydrogen (secondary N) is 3. The summed E-state index contributed by atoms with van der Waals surface area (Å²) in [4.78, 5) is 20.6. The summed E-state index contributed by atoms with van der Waals surface area (Å²) in [5, 5.41) is 3.85. The molecule has 1 fully saturated rings. The van der Waals surface area contributed by atoms with Gasteiger partial charge in [0.15, 0.2) is 0 Å². The number of hydrogen-bond donors (Lipinski definition) is 3. The van der Waals surface area contributed by atoms with Gasteiger partial charge in [-0.15, -0.1) is 0 Å². The molecule has 5 rings (SSSR count). The van der Waals surface area contributed by atoms with E-state index >= 15 is 0 Å². The Morgan fingerprint density at radius 1 is 1.15 bits per heavy atom. The van der Waals surface area contributed by atoms with Gasteiger partial charge in [-0.05, 0) is 43.7 Å². The second-order valence-corrected chi connectivity index (χ2v) is 6.93. The predicted octanol–water partition coefficient (Wildman–Crippen LogP) is 3.71. The highest BCUT2D eigenvalue weighted by molar-refractivity contribution is 6.09. The van der Waals surface area contributed by atoms with Crippen molar-refractivity contribution < 1.29 is 18.4 Å². The lowest BCUT2D eigenvalue weighted by Crippen LogP contribution is -2.21. The summed E-state index contributed by atoms with van der Waals surface area (Å²) < 4.78 is 29.6. The fourth-order valence-electron chi connectivity index (χ4n) is 4.12. The number of aromatic amines is 1. The van der Waals surface area contributed by atoms with Gasteiger partial charge in [0.05, 0.1) is 11.3 Å². The number of aromatic nitrogens is 1. The fourth-order valence-corrected chi connectivity index (χ4v) is 4.12. The van der Waals surface area contributed by atoms with Crippen molar-refractivity contribution in [1.82, 2.24) is 15.8 Å². The number of benzene rings is 2. The lowest BCUT2D eigenvalue weighted by Gasteiger charge is -2.14. The second kappa shape index (κ2) is 6.14. The van der Waals surface area contributed by atoms with E-state index in [1.807, 2.05) is 6.07 Å². The van der Waals surface area contributed by atoms with E-state index in [4.69, 9.17) is 4.84 Å². The molecule has 27 heavy (non-hydrogen) atoms. The lowest BCUT2D eigenvalue weighted by atomic mass is 9.98. The number of carbonyl (C=O) groups is 1. The Labute approximate surface area is 153 Å². The monoisotopic (exact) mass is 369 g/mol. The van der Waals surface area contributed by atoms with Crippen LogP contribution in [0.1, 0.15) is 40.4 Å². The largest absolute Gasteiger partial charge is 0.354 e. The molecule has 0 aliphatic carbocycles. The van der Waals surface area contributed by atoms with Crippen molar-refractivity contribution in [2.24, 2.45) is 0 Å². The summed E-state index contributed by atoms with van der Waals surface area (Å²) >= 11 is 0. The molecule has 0 saturated carbocycles. The number of hydroxylamine groups is 1. The zero-order chi connectivity index (χ0) is 18.5. The first-order chi connectivity index (χ1) is 13.1. The molecule has 0 spiro atoms. The minimum Gasteiger partial charge on any atom is -0.354 e. The van der Waals surface area contributed by atoms with Crippen molar-refractivity contribution in [2.75, 3.05) is 6.54 Å². The van der Waals surface area contributed by atoms with Gasteiger partial charge in [-0.2, -0.15) is 0 Å². The first-order valence-electron chi connectivity index (χ1n) is 8.92. The number of amides is 1. The zero-order valence-electron chi connectivity index (χ0n) is 14.4. The number of halogens is 2. The van der Waals surface area contributed by atoms with E-state index in [0.29, 0.717) is 27.8 Å². The van der Waals surface area contributed by atoms with Crippen LogP contribution in [0.25, 0.3) is 22.2 Å². The molecular weight excluding hydrogens is 352 g/mol. The molecule has 2 aliphatic heterocycles. The van der Waals surface area contributed by atoms with Crippen LogP contribution in [-0.4, -0.2) is 17.4 Å². The van der Waals surface area contributed by atoms with Crippen LogP contribution in [-0.2, 0) is 11.4 Å². The molecule has 3 N–H and O–H groups in total. The van der Waals surface area contributed by atoms with E-state index in [1.54, 1.807) is 12.1 Å². The van der Waals surface area contributed by atoms with E-state index in [2.05, 4.69) is 15.8 Å². The molecule has 1 saturated heterocycles. The third-order valence-electron chi connectivity index (χ3n) is 5.33. The quantitative estimate of drug-likeness (QED) is 0.645. The molecule has 1 aromatic heterocycles. The highest BCUT2D eigenvalue weighted by atomic mass is 19.1. The summed E-state index contributed by atoms with van der Waals surface area (Å²) in [7, 11) is 0. The average molecular weight is 369 g/mol. The number of carbonyl (C=O) groups excluding carboxylic acids is 1. The first kappa shape index (κ1) is 16.4. The van der Waals surface area contributed by atoms with Crippen LogP contribution >= 0.6 is 0 Å². The standard InChI is InChI=1S/C20H17F2N3O2/c21-13-7-10(8-14(22)18(13)15-5-2-6-23-15)19-12-9-27-25-20(26)11-3-1-4-16(24-19)17(11)12/h1,3-4,7-8,15,23-24H,2,5-6,9H2,(H,25,26). The molecule has 1 atom stereocenters. The van der Waals surface area contributed by atoms with Crippen LogP contribution in [0.5, 0.6) is 0 Å². The second-order valence-electron chi connectivity index (χ2n) is 6.93. The highest BCUT2D eigenvalue weighted by Gasteiger charge is 2.27. The molecule has 3 heterocycles. The van der Waals surface area contributed by atoms with Gasteiger partial charge in [0.1, 0.15) is 18.2 Å². The van der Waals surface area contributed by atoms with E-state index < -0.39 is 11.6 Å². The van der Waals surface area contributed by atoms with E-state index in [-0.39, 0.29) is 24.1 Å². The number of H-pyrrole nitrogens is 1. The molecule has 5 nitrogen and oxygen atoms in total. The lowest BCUT2D eigenvalue weighted by molar-refractivity contribution is 0.0256. The van der Waals surface area contributed by atoms with Crippen molar-refractivity contribution in [3.63, 3.8) is 0 Å². The average Bonchev–Trinajstić information content (AvgIpc) is 3.25. The van der Waals surface area contributed by atoms with Gasteiger partial charge >= 0.3 is 0 Å². The van der Waals surface area contributed by atoms with E-state index in [0.717, 1.165) is 24.9 Å². The first-order valence-corrected chi connectivity index (χ1v) is 8.92. The smallest absolute Gasteiger partial charge is 0.275 e. The summed E-state index contributed by atoms with van der Waals surface area (Å²) in [6, 6.07) is 7.68. The van der Waals surface area contributed by atoms with Crippen LogP contribution in [0.15, 0.2) is 30.3 Å². The number of rotatable bonds is 2. The normalized spacial score (nSPS) is 19.3. The van der Waals surface area contributed by atoms with Gasteiger partial charge < -0.3 is 10.3 Å². The topological polar surface area (TPSA) is 66.2 Å². The summed E-state index contributed by atoms with van der Waals surface area (Å²) in [5.41, 5.74) is 5.30. The Kier molecular flexibility index (Phi) is 3.73. The molecule has 0 radical (unpaired) electrons. The molecule has 2 aliphatic rings. The molecule has 1 unspecified atom stereocenters. The van der Waals surface area contributed by atoms with Crippen molar-refractivity contribution in [3.05, 3.63) is 58.7 Å². The summed E-state index contributed by atoms with van der Waals surface area (Å²) in [5.74, 6) is -1.48. The van der Waals surface area contributed by atoms with Crippen LogP contribution in [0.4, 0.5) is 8.78 Å². The summed E-state index contributed by atoms with van der Waals surface area (Å²) in [6.07, 6.45) is 1.62. The van der Waals surface area contributed by atoms with Gasteiger partial charge in [-0.1, -0.05) is 6.07 Å². The van der Waals surface area contributed by atoms with Crippen molar-refractivity contribution in [2.45, 2.75) is 25.5 Å². The van der Waals surface area contributed by atoms with Gasteiger partial charge in [0.2, 0.25) is 0 Å². The maximum absolute atomic E-state index is 14.8. The minimum absolute atomic E-state index is 0.0898. The SMILES string of the molecule is O=C1NOCc2c(-c3cc(F)c(C4CCCN4)c(F)c3)[nH]c3cccc1c23. The van der Waals surface area contributed by atoms with E-state index in [1.165, 1.54) is 12.1 Å². The van der Waals surface area contributed by atoms with Gasteiger partial charge in [-0.25, -0.2) is 14.3 Å². The number of hydrogen-bond acceptors (Lipinski definition) is 3. The van der Waals surface area contributed by atoms with E-state index in [9.17, 15) is 13.6 Å². The van der Waals surface area contributed by atoms with Gasteiger partial charge in [0.25, 0.3) is 5.91 Å². The molecule has 3 aromatic rings. The summed E-state index contributed by atoms with van der Waals surface area (Å²) in [6.45, 7) is 0.867. The Balaban J connectivity index is 1.69. The predicted molar refractivity (Wildman–Crippen MR) is 95.9 cm³/mol. The van der Waals surface area contributed by atoms with Crippen LogP contribution in [0, 0.1) is 11.6 Å². The van der Waals surface area contributed by atoms with Crippen molar-refractivity contribution >= 4 is 16.8 Å². The minimum atomic E-state index is -0.570. The third kappa shape index (κ3) is 2.54. The zero-order valence-corrected chi connectivity index (χ0v) is 14.4. The maximum Gasteiger partial charge on any atom is 0.275 e. The molecule has 1 amide bonds. The molecule has 0 bridgehead atoms. The Morgan fingerprint density at radius 3 is 2.70 bits per heavy atom. The highest BCUT2D eigenvalue weighted by Crippen LogP contribution is 2.37. The molecule has 138 valence electrons. The van der Waals surface area contributed by atoms with Crippen LogP contribution in [0.3, 0.4) is 0 Å². The van der Waals surface area contributed by atoms with Crippen molar-refractivity contribution in [1.29, 1.82) is 0 Å². The fraction of sp³-hybridized carbons (Fsp3) is 0.250. The molecular formula is C20H17F2N3O2.